The molecule has 0 amide bonds. The third-order valence-corrected chi connectivity index (χ3v) is 3.48. The van der Waals surface area contributed by atoms with Crippen molar-refractivity contribution in [1.82, 2.24) is 4.98 Å². The minimum Gasteiger partial charge on any atom is -0.482 e. The van der Waals surface area contributed by atoms with E-state index in [4.69, 9.17) is 33.0 Å². The molecule has 2 N–H and O–H groups in total. The predicted molar refractivity (Wildman–Crippen MR) is 94.3 cm³/mol. The van der Waals surface area contributed by atoms with Gasteiger partial charge in [-0.15, -0.1) is 0 Å². The zero-order chi connectivity index (χ0) is 17.5. The van der Waals surface area contributed by atoms with Crippen LogP contribution in [0.5, 0.6) is 5.75 Å². The quantitative estimate of drug-likeness (QED) is 0.568. The lowest BCUT2D eigenvalue weighted by Gasteiger charge is -2.08. The summed E-state index contributed by atoms with van der Waals surface area (Å²) in [5, 5.41) is 13.7. The summed E-state index contributed by atoms with van der Waals surface area (Å²) in [6, 6.07) is 8.57. The highest BCUT2D eigenvalue weighted by Gasteiger charge is 2.06. The molecule has 0 saturated heterocycles. The summed E-state index contributed by atoms with van der Waals surface area (Å²) < 4.78 is 5.10. The second-order valence-corrected chi connectivity index (χ2v) is 5.56. The Hall–Kier alpha value is -2.31. The Labute approximate surface area is 149 Å². The van der Waals surface area contributed by atoms with Gasteiger partial charge in [0, 0.05) is 6.20 Å². The first-order valence-electron chi connectivity index (χ1n) is 7.08. The van der Waals surface area contributed by atoms with Crippen molar-refractivity contribution in [3.05, 3.63) is 52.1 Å². The van der Waals surface area contributed by atoms with E-state index in [1.165, 1.54) is 6.20 Å². The second kappa shape index (κ2) is 8.52. The number of rotatable bonds is 7. The van der Waals surface area contributed by atoms with E-state index in [0.29, 0.717) is 28.0 Å². The van der Waals surface area contributed by atoms with Crippen LogP contribution in [-0.4, -0.2) is 28.4 Å². The van der Waals surface area contributed by atoms with Gasteiger partial charge in [-0.3, -0.25) is 5.43 Å². The summed E-state index contributed by atoms with van der Waals surface area (Å²) in [6.45, 7) is 1.59. The number of carboxylic acid groups (broad SMARTS) is 1. The number of aliphatic carboxylic acids is 1. The third kappa shape index (κ3) is 5.11. The number of benzene rings is 1. The van der Waals surface area contributed by atoms with E-state index in [0.717, 1.165) is 11.3 Å². The molecule has 0 bridgehead atoms. The average Bonchev–Trinajstić information content (AvgIpc) is 2.56. The Morgan fingerprint density at radius 3 is 2.62 bits per heavy atom. The number of hydrazone groups is 1. The van der Waals surface area contributed by atoms with Gasteiger partial charge < -0.3 is 9.84 Å². The molecule has 0 aliphatic carbocycles. The summed E-state index contributed by atoms with van der Waals surface area (Å²) in [4.78, 5) is 14.6. The van der Waals surface area contributed by atoms with Crippen LogP contribution in [0.25, 0.3) is 0 Å². The fourth-order valence-corrected chi connectivity index (χ4v) is 2.28. The molecule has 0 fully saturated rings. The van der Waals surface area contributed by atoms with Gasteiger partial charge >= 0.3 is 5.97 Å². The Bertz CT molecular complexity index is 749. The highest BCUT2D eigenvalue weighted by molar-refractivity contribution is 6.35. The smallest absolute Gasteiger partial charge is 0.341 e. The monoisotopic (exact) mass is 367 g/mol. The fraction of sp³-hybridized carbons (Fsp3) is 0.188. The SMILES string of the molecule is CC/C(=N/Nc1ncc(Cl)cc1Cl)c1ccc(OCC(=O)O)cc1. The lowest BCUT2D eigenvalue weighted by molar-refractivity contribution is -0.139. The number of aromatic nitrogens is 1. The van der Waals surface area contributed by atoms with Crippen LogP contribution in [-0.2, 0) is 4.79 Å². The first-order valence-corrected chi connectivity index (χ1v) is 7.84. The van der Waals surface area contributed by atoms with E-state index in [2.05, 4.69) is 15.5 Å². The number of pyridine rings is 1. The molecule has 0 spiro atoms. The van der Waals surface area contributed by atoms with E-state index in [1.807, 2.05) is 6.92 Å². The number of ether oxygens (including phenoxy) is 1. The van der Waals surface area contributed by atoms with Crippen LogP contribution in [0.1, 0.15) is 18.9 Å². The molecule has 1 aromatic carbocycles. The number of anilines is 1. The first-order chi connectivity index (χ1) is 11.5. The molecule has 6 nitrogen and oxygen atoms in total. The highest BCUT2D eigenvalue weighted by atomic mass is 35.5. The molecule has 0 radical (unpaired) electrons. The molecule has 8 heteroatoms. The number of nitrogens with one attached hydrogen (secondary N) is 1. The lowest BCUT2D eigenvalue weighted by atomic mass is 10.1. The molecule has 1 aromatic heterocycles. The van der Waals surface area contributed by atoms with Gasteiger partial charge in [0.05, 0.1) is 15.8 Å². The average molecular weight is 368 g/mol. The van der Waals surface area contributed by atoms with Crippen molar-refractivity contribution >= 4 is 40.7 Å². The highest BCUT2D eigenvalue weighted by Crippen LogP contribution is 2.22. The Balaban J connectivity index is 2.10. The minimum atomic E-state index is -1.02. The fourth-order valence-electron chi connectivity index (χ4n) is 1.85. The first kappa shape index (κ1) is 18.0. The van der Waals surface area contributed by atoms with Crippen molar-refractivity contribution < 1.29 is 14.6 Å². The molecule has 2 aromatic rings. The molecule has 126 valence electrons. The normalized spacial score (nSPS) is 11.2. The number of hydrogen-bond acceptors (Lipinski definition) is 5. The molecule has 0 atom stereocenters. The number of hydrogen-bond donors (Lipinski definition) is 2. The van der Waals surface area contributed by atoms with Crippen molar-refractivity contribution in [2.45, 2.75) is 13.3 Å². The predicted octanol–water partition coefficient (Wildman–Crippen LogP) is 4.08. The van der Waals surface area contributed by atoms with Crippen molar-refractivity contribution in [3.63, 3.8) is 0 Å². The summed E-state index contributed by atoms with van der Waals surface area (Å²) in [7, 11) is 0. The van der Waals surface area contributed by atoms with E-state index in [-0.39, 0.29) is 6.61 Å². The molecule has 1 heterocycles. The number of carbonyl (C=O) groups is 1. The van der Waals surface area contributed by atoms with E-state index < -0.39 is 5.97 Å². The zero-order valence-corrected chi connectivity index (χ0v) is 14.3. The van der Waals surface area contributed by atoms with Crippen molar-refractivity contribution in [1.29, 1.82) is 0 Å². The standard InChI is InChI=1S/C16H15Cl2N3O3/c1-2-14(20-21-16-13(18)7-11(17)8-19-16)10-3-5-12(6-4-10)24-9-15(22)23/h3-8H,2,9H2,1H3,(H,19,21)(H,22,23)/b20-14-. The lowest BCUT2D eigenvalue weighted by Crippen LogP contribution is -2.09. The van der Waals surface area contributed by atoms with Crippen LogP contribution < -0.4 is 10.2 Å². The molecule has 2 rings (SSSR count). The maximum atomic E-state index is 10.5. The van der Waals surface area contributed by atoms with Crippen molar-refractivity contribution in [2.24, 2.45) is 5.10 Å². The number of nitrogens with zero attached hydrogens (tertiary/aromatic N) is 2. The van der Waals surface area contributed by atoms with E-state index in [1.54, 1.807) is 30.3 Å². The van der Waals surface area contributed by atoms with Crippen LogP contribution >= 0.6 is 23.2 Å². The van der Waals surface area contributed by atoms with Crippen molar-refractivity contribution in [2.75, 3.05) is 12.0 Å². The zero-order valence-electron chi connectivity index (χ0n) is 12.8. The van der Waals surface area contributed by atoms with Gasteiger partial charge in [0.15, 0.2) is 12.4 Å². The largest absolute Gasteiger partial charge is 0.482 e. The summed E-state index contributed by atoms with van der Waals surface area (Å²) in [5.74, 6) is -0.133. The molecule has 0 unspecified atom stereocenters. The molecule has 0 aliphatic heterocycles. The van der Waals surface area contributed by atoms with Crippen LogP contribution in [0, 0.1) is 0 Å². The summed E-state index contributed by atoms with van der Waals surface area (Å²) in [5.41, 5.74) is 4.48. The Morgan fingerprint density at radius 1 is 1.33 bits per heavy atom. The van der Waals surface area contributed by atoms with E-state index >= 15 is 0 Å². The van der Waals surface area contributed by atoms with Gasteiger partial charge in [-0.2, -0.15) is 5.10 Å². The van der Waals surface area contributed by atoms with Crippen LogP contribution in [0.3, 0.4) is 0 Å². The third-order valence-electron chi connectivity index (χ3n) is 2.99. The Kier molecular flexibility index (Phi) is 6.40. The van der Waals surface area contributed by atoms with Gasteiger partial charge in [0.25, 0.3) is 0 Å². The molecule has 0 aliphatic rings. The van der Waals surface area contributed by atoms with Crippen molar-refractivity contribution in [3.8, 4) is 5.75 Å². The van der Waals surface area contributed by atoms with Gasteiger partial charge in [-0.05, 0) is 42.3 Å². The molecular formula is C16H15Cl2N3O3. The molecule has 24 heavy (non-hydrogen) atoms. The van der Waals surface area contributed by atoms with Gasteiger partial charge in [-0.1, -0.05) is 30.1 Å². The second-order valence-electron chi connectivity index (χ2n) is 4.71. The topological polar surface area (TPSA) is 83.8 Å². The summed E-state index contributed by atoms with van der Waals surface area (Å²) >= 11 is 11.8. The molecule has 0 saturated carbocycles. The maximum absolute atomic E-state index is 10.5. The Morgan fingerprint density at radius 2 is 2.04 bits per heavy atom. The van der Waals surface area contributed by atoms with Gasteiger partial charge in [-0.25, -0.2) is 9.78 Å². The van der Waals surface area contributed by atoms with E-state index in [9.17, 15) is 4.79 Å². The summed E-state index contributed by atoms with van der Waals surface area (Å²) in [6.07, 6.45) is 2.15. The van der Waals surface area contributed by atoms with Gasteiger partial charge in [0.1, 0.15) is 5.75 Å². The number of halogens is 2. The van der Waals surface area contributed by atoms with Gasteiger partial charge in [0.2, 0.25) is 0 Å². The van der Waals surface area contributed by atoms with Crippen LogP contribution in [0.15, 0.2) is 41.6 Å². The minimum absolute atomic E-state index is 0.374. The van der Waals surface area contributed by atoms with Crippen LogP contribution in [0.2, 0.25) is 10.0 Å². The maximum Gasteiger partial charge on any atom is 0.341 e. The van der Waals surface area contributed by atoms with Crippen LogP contribution in [0.4, 0.5) is 5.82 Å². The number of carboxylic acids is 1. The molecular weight excluding hydrogens is 353 g/mol.